The quantitative estimate of drug-likeness (QED) is 0.931. The number of aromatic nitrogens is 2. The summed E-state index contributed by atoms with van der Waals surface area (Å²) in [6.07, 6.45) is 6.46. The van der Waals surface area contributed by atoms with E-state index >= 15 is 0 Å². The lowest BCUT2D eigenvalue weighted by Gasteiger charge is -2.13. The SMILES string of the molecule is CC(C)n1ncc2c(C(=O)NC3CCCC3)cccc21. The Morgan fingerprint density at radius 1 is 1.35 bits per heavy atom. The standard InChI is InChI=1S/C16H21N3O/c1-11(2)19-15-9-5-8-13(14(15)10-17-19)16(20)18-12-6-3-4-7-12/h5,8-12H,3-4,6-7H2,1-2H3,(H,18,20). The fraction of sp³-hybridized carbons (Fsp3) is 0.500. The number of carbonyl (C=O) groups is 1. The van der Waals surface area contributed by atoms with Gasteiger partial charge in [-0.25, -0.2) is 0 Å². The van der Waals surface area contributed by atoms with Gasteiger partial charge in [-0.2, -0.15) is 5.10 Å². The largest absolute Gasteiger partial charge is 0.349 e. The summed E-state index contributed by atoms with van der Waals surface area (Å²) < 4.78 is 1.96. The van der Waals surface area contributed by atoms with Gasteiger partial charge in [0.25, 0.3) is 5.91 Å². The van der Waals surface area contributed by atoms with Crippen molar-refractivity contribution in [2.45, 2.75) is 51.6 Å². The highest BCUT2D eigenvalue weighted by atomic mass is 16.1. The molecule has 3 rings (SSSR count). The van der Waals surface area contributed by atoms with E-state index in [0.717, 1.165) is 29.3 Å². The van der Waals surface area contributed by atoms with E-state index in [1.54, 1.807) is 6.20 Å². The third-order valence-corrected chi connectivity index (χ3v) is 4.07. The molecule has 1 saturated carbocycles. The van der Waals surface area contributed by atoms with Crippen LogP contribution in [0.1, 0.15) is 55.9 Å². The van der Waals surface area contributed by atoms with Crippen molar-refractivity contribution in [3.8, 4) is 0 Å². The summed E-state index contributed by atoms with van der Waals surface area (Å²) in [6.45, 7) is 4.19. The van der Waals surface area contributed by atoms with Gasteiger partial charge in [-0.15, -0.1) is 0 Å². The molecule has 1 aliphatic carbocycles. The monoisotopic (exact) mass is 271 g/mol. The van der Waals surface area contributed by atoms with Crippen molar-refractivity contribution in [2.75, 3.05) is 0 Å². The van der Waals surface area contributed by atoms with E-state index in [1.165, 1.54) is 12.8 Å². The van der Waals surface area contributed by atoms with Gasteiger partial charge in [0, 0.05) is 17.5 Å². The Labute approximate surface area is 119 Å². The molecule has 1 amide bonds. The zero-order chi connectivity index (χ0) is 14.1. The molecule has 4 nitrogen and oxygen atoms in total. The molecule has 106 valence electrons. The molecule has 1 N–H and O–H groups in total. The van der Waals surface area contributed by atoms with Crippen LogP contribution in [-0.4, -0.2) is 21.7 Å². The van der Waals surface area contributed by atoms with Crippen LogP contribution in [0.5, 0.6) is 0 Å². The van der Waals surface area contributed by atoms with Crippen LogP contribution < -0.4 is 5.32 Å². The second-order valence-electron chi connectivity index (χ2n) is 5.88. The minimum absolute atomic E-state index is 0.0332. The van der Waals surface area contributed by atoms with Crippen LogP contribution >= 0.6 is 0 Å². The van der Waals surface area contributed by atoms with Crippen LogP contribution in [-0.2, 0) is 0 Å². The number of nitrogens with zero attached hydrogens (tertiary/aromatic N) is 2. The predicted octanol–water partition coefficient (Wildman–Crippen LogP) is 3.29. The van der Waals surface area contributed by atoms with Crippen LogP contribution in [0.2, 0.25) is 0 Å². The Morgan fingerprint density at radius 2 is 2.10 bits per heavy atom. The van der Waals surface area contributed by atoms with E-state index in [2.05, 4.69) is 24.3 Å². The van der Waals surface area contributed by atoms with Gasteiger partial charge in [-0.3, -0.25) is 9.48 Å². The summed E-state index contributed by atoms with van der Waals surface area (Å²) >= 11 is 0. The topological polar surface area (TPSA) is 46.9 Å². The molecule has 1 fully saturated rings. The van der Waals surface area contributed by atoms with Gasteiger partial charge in [0.1, 0.15) is 0 Å². The van der Waals surface area contributed by atoms with Crippen molar-refractivity contribution in [1.29, 1.82) is 0 Å². The number of amides is 1. The summed E-state index contributed by atoms with van der Waals surface area (Å²) in [4.78, 5) is 12.4. The minimum atomic E-state index is 0.0332. The van der Waals surface area contributed by atoms with Gasteiger partial charge >= 0.3 is 0 Å². The number of hydrogen-bond acceptors (Lipinski definition) is 2. The second kappa shape index (κ2) is 5.27. The van der Waals surface area contributed by atoms with Gasteiger partial charge in [-0.1, -0.05) is 18.9 Å². The molecule has 0 unspecified atom stereocenters. The molecule has 4 heteroatoms. The van der Waals surface area contributed by atoms with E-state index in [4.69, 9.17) is 0 Å². The van der Waals surface area contributed by atoms with E-state index in [-0.39, 0.29) is 5.91 Å². The lowest BCUT2D eigenvalue weighted by Crippen LogP contribution is -2.32. The van der Waals surface area contributed by atoms with Crippen molar-refractivity contribution < 1.29 is 4.79 Å². The first-order chi connectivity index (χ1) is 9.66. The molecule has 0 spiro atoms. The zero-order valence-corrected chi connectivity index (χ0v) is 12.1. The highest BCUT2D eigenvalue weighted by Crippen LogP contribution is 2.23. The molecule has 2 aromatic rings. The predicted molar refractivity (Wildman–Crippen MR) is 79.8 cm³/mol. The van der Waals surface area contributed by atoms with E-state index in [9.17, 15) is 4.79 Å². The summed E-state index contributed by atoms with van der Waals surface area (Å²) in [5.41, 5.74) is 1.76. The van der Waals surface area contributed by atoms with Crippen LogP contribution in [0.25, 0.3) is 10.9 Å². The Hall–Kier alpha value is -1.84. The van der Waals surface area contributed by atoms with Gasteiger partial charge in [-0.05, 0) is 38.8 Å². The third-order valence-electron chi connectivity index (χ3n) is 4.07. The van der Waals surface area contributed by atoms with E-state index < -0.39 is 0 Å². The van der Waals surface area contributed by atoms with Gasteiger partial charge in [0.05, 0.1) is 17.3 Å². The molecule has 0 atom stereocenters. The minimum Gasteiger partial charge on any atom is -0.349 e. The van der Waals surface area contributed by atoms with Crippen LogP contribution in [0.4, 0.5) is 0 Å². The number of hydrogen-bond donors (Lipinski definition) is 1. The summed E-state index contributed by atoms with van der Waals surface area (Å²) in [5, 5.41) is 8.50. The Kier molecular flexibility index (Phi) is 3.47. The molecular weight excluding hydrogens is 250 g/mol. The van der Waals surface area contributed by atoms with Crippen molar-refractivity contribution in [1.82, 2.24) is 15.1 Å². The lowest BCUT2D eigenvalue weighted by molar-refractivity contribution is 0.0939. The van der Waals surface area contributed by atoms with Crippen LogP contribution in [0, 0.1) is 0 Å². The van der Waals surface area contributed by atoms with Crippen LogP contribution in [0.15, 0.2) is 24.4 Å². The maximum absolute atomic E-state index is 12.4. The molecule has 0 aliphatic heterocycles. The molecule has 0 saturated heterocycles. The molecule has 1 aromatic heterocycles. The first kappa shape index (κ1) is 13.2. The van der Waals surface area contributed by atoms with Crippen molar-refractivity contribution in [3.05, 3.63) is 30.0 Å². The molecule has 20 heavy (non-hydrogen) atoms. The maximum atomic E-state index is 12.4. The van der Waals surface area contributed by atoms with Gasteiger partial charge in [0.15, 0.2) is 0 Å². The highest BCUT2D eigenvalue weighted by molar-refractivity contribution is 6.06. The summed E-state index contributed by atoms with van der Waals surface area (Å²) in [6, 6.07) is 6.48. The zero-order valence-electron chi connectivity index (χ0n) is 12.1. The van der Waals surface area contributed by atoms with E-state index in [0.29, 0.717) is 12.1 Å². The van der Waals surface area contributed by atoms with E-state index in [1.807, 2.05) is 22.9 Å². The number of benzene rings is 1. The van der Waals surface area contributed by atoms with Crippen molar-refractivity contribution in [3.63, 3.8) is 0 Å². The smallest absolute Gasteiger partial charge is 0.252 e. The normalized spacial score (nSPS) is 16.1. The fourth-order valence-electron chi connectivity index (χ4n) is 3.01. The van der Waals surface area contributed by atoms with Gasteiger partial charge in [0.2, 0.25) is 0 Å². The second-order valence-corrected chi connectivity index (χ2v) is 5.88. The maximum Gasteiger partial charge on any atom is 0.252 e. The number of carbonyl (C=O) groups excluding carboxylic acids is 1. The number of rotatable bonds is 3. The Bertz CT molecular complexity index is 624. The number of fused-ring (bicyclic) bond motifs is 1. The fourth-order valence-corrected chi connectivity index (χ4v) is 3.01. The van der Waals surface area contributed by atoms with Crippen molar-refractivity contribution >= 4 is 16.8 Å². The molecule has 1 aliphatic rings. The number of nitrogens with one attached hydrogen (secondary N) is 1. The summed E-state index contributed by atoms with van der Waals surface area (Å²) in [7, 11) is 0. The lowest BCUT2D eigenvalue weighted by atomic mass is 10.1. The average molecular weight is 271 g/mol. The highest BCUT2D eigenvalue weighted by Gasteiger charge is 2.20. The van der Waals surface area contributed by atoms with Gasteiger partial charge < -0.3 is 5.32 Å². The summed E-state index contributed by atoms with van der Waals surface area (Å²) in [5.74, 6) is 0.0332. The third kappa shape index (κ3) is 2.30. The first-order valence-corrected chi connectivity index (χ1v) is 7.44. The molecule has 0 radical (unpaired) electrons. The Morgan fingerprint density at radius 3 is 2.80 bits per heavy atom. The molecule has 0 bridgehead atoms. The molecule has 1 aromatic carbocycles. The molecular formula is C16H21N3O. The average Bonchev–Trinajstić information content (AvgIpc) is 3.06. The Balaban J connectivity index is 1.92. The first-order valence-electron chi connectivity index (χ1n) is 7.44. The van der Waals surface area contributed by atoms with Crippen molar-refractivity contribution in [2.24, 2.45) is 0 Å². The molecule has 1 heterocycles. The van der Waals surface area contributed by atoms with Crippen LogP contribution in [0.3, 0.4) is 0 Å².